The maximum absolute atomic E-state index is 3.95. The van der Waals surface area contributed by atoms with Gasteiger partial charge in [0.2, 0.25) is 5.16 Å². The van der Waals surface area contributed by atoms with Crippen LogP contribution in [0.2, 0.25) is 0 Å². The van der Waals surface area contributed by atoms with Crippen molar-refractivity contribution in [2.45, 2.75) is 18.1 Å². The van der Waals surface area contributed by atoms with Gasteiger partial charge in [-0.15, -0.1) is 5.10 Å². The highest BCUT2D eigenvalue weighted by molar-refractivity contribution is 7.99. The first-order valence-electron chi connectivity index (χ1n) is 4.57. The molecule has 0 saturated heterocycles. The van der Waals surface area contributed by atoms with Crippen molar-refractivity contribution in [3.05, 3.63) is 6.92 Å². The van der Waals surface area contributed by atoms with Crippen LogP contribution in [0.25, 0.3) is 0 Å². The van der Waals surface area contributed by atoms with E-state index in [0.29, 0.717) is 0 Å². The van der Waals surface area contributed by atoms with E-state index in [1.165, 1.54) is 0 Å². The van der Waals surface area contributed by atoms with Crippen LogP contribution in [0.5, 0.6) is 0 Å². The fourth-order valence-electron chi connectivity index (χ4n) is 0.898. The Morgan fingerprint density at radius 3 is 2.93 bits per heavy atom. The van der Waals surface area contributed by atoms with Crippen molar-refractivity contribution in [2.24, 2.45) is 0 Å². The van der Waals surface area contributed by atoms with Gasteiger partial charge in [0.1, 0.15) is 0 Å². The Kier molecular flexibility index (Phi) is 4.89. The topological polar surface area (TPSA) is 46.8 Å². The third-order valence-electron chi connectivity index (χ3n) is 1.63. The van der Waals surface area contributed by atoms with Crippen molar-refractivity contribution in [3.63, 3.8) is 0 Å². The Labute approximate surface area is 88.9 Å². The molecule has 1 aromatic rings. The Morgan fingerprint density at radius 1 is 1.50 bits per heavy atom. The fourth-order valence-corrected chi connectivity index (χ4v) is 1.60. The van der Waals surface area contributed by atoms with Gasteiger partial charge in [-0.3, -0.25) is 0 Å². The molecule has 1 aromatic heterocycles. The number of tetrazole rings is 1. The molecule has 6 heteroatoms. The average molecular weight is 214 g/mol. The van der Waals surface area contributed by atoms with Gasteiger partial charge >= 0.3 is 0 Å². The summed E-state index contributed by atoms with van der Waals surface area (Å²) in [6.07, 6.45) is 0.894. The van der Waals surface area contributed by atoms with Crippen LogP contribution in [-0.4, -0.2) is 51.5 Å². The zero-order chi connectivity index (χ0) is 10.4. The number of hydrogen-bond acceptors (Lipinski definition) is 5. The summed E-state index contributed by atoms with van der Waals surface area (Å²) in [4.78, 5) is 2.11. The summed E-state index contributed by atoms with van der Waals surface area (Å²) in [5.41, 5.74) is 0. The van der Waals surface area contributed by atoms with E-state index in [4.69, 9.17) is 0 Å². The smallest absolute Gasteiger partial charge is 0.209 e. The zero-order valence-electron chi connectivity index (χ0n) is 8.68. The molecule has 0 aliphatic carbocycles. The van der Waals surface area contributed by atoms with Crippen molar-refractivity contribution >= 4 is 11.8 Å². The second-order valence-electron chi connectivity index (χ2n) is 3.19. The average Bonchev–Trinajstić information content (AvgIpc) is 2.58. The van der Waals surface area contributed by atoms with Crippen molar-refractivity contribution in [2.75, 3.05) is 26.4 Å². The summed E-state index contributed by atoms with van der Waals surface area (Å²) < 4.78 is 1.83. The lowest BCUT2D eigenvalue weighted by atomic mass is 10.6. The van der Waals surface area contributed by atoms with Crippen LogP contribution in [-0.2, 0) is 6.54 Å². The number of aromatic nitrogens is 4. The molecule has 1 radical (unpaired) electrons. The zero-order valence-corrected chi connectivity index (χ0v) is 9.50. The second-order valence-corrected chi connectivity index (χ2v) is 4.25. The number of nitrogens with zero attached hydrogens (tertiary/aromatic N) is 5. The van der Waals surface area contributed by atoms with E-state index in [9.17, 15) is 0 Å². The third kappa shape index (κ3) is 3.63. The van der Waals surface area contributed by atoms with Crippen LogP contribution in [0.3, 0.4) is 0 Å². The molecule has 0 aliphatic rings. The van der Waals surface area contributed by atoms with Gasteiger partial charge in [-0.05, 0) is 30.9 Å². The molecule has 14 heavy (non-hydrogen) atoms. The lowest BCUT2D eigenvalue weighted by molar-refractivity contribution is 0.361. The maximum atomic E-state index is 3.95. The van der Waals surface area contributed by atoms with Crippen LogP contribution in [0.1, 0.15) is 6.42 Å². The molecule has 0 fully saturated rings. The maximum Gasteiger partial charge on any atom is 0.209 e. The van der Waals surface area contributed by atoms with Crippen molar-refractivity contribution in [1.82, 2.24) is 25.1 Å². The monoisotopic (exact) mass is 214 g/mol. The summed E-state index contributed by atoms with van der Waals surface area (Å²) >= 11 is 1.65. The van der Waals surface area contributed by atoms with E-state index in [1.807, 2.05) is 18.8 Å². The minimum absolute atomic E-state index is 0.833. The quantitative estimate of drug-likeness (QED) is 0.647. The summed E-state index contributed by atoms with van der Waals surface area (Å²) in [6.45, 7) is 5.56. The summed E-state index contributed by atoms with van der Waals surface area (Å²) in [5.74, 6) is 0.961. The molecule has 1 heterocycles. The van der Waals surface area contributed by atoms with Crippen molar-refractivity contribution in [1.29, 1.82) is 0 Å². The molecule has 0 bridgehead atoms. The van der Waals surface area contributed by atoms with Gasteiger partial charge in [-0.2, -0.15) is 0 Å². The normalized spacial score (nSPS) is 11.1. The van der Waals surface area contributed by atoms with Crippen molar-refractivity contribution < 1.29 is 0 Å². The van der Waals surface area contributed by atoms with Gasteiger partial charge in [0.05, 0.1) is 6.54 Å². The first-order valence-corrected chi connectivity index (χ1v) is 5.55. The molecule has 0 N–H and O–H groups in total. The fraction of sp³-hybridized carbons (Fsp3) is 0.750. The molecule has 0 spiro atoms. The first-order chi connectivity index (χ1) is 6.74. The minimum atomic E-state index is 0.833. The van der Waals surface area contributed by atoms with Gasteiger partial charge in [0, 0.05) is 12.3 Å². The number of likely N-dealkylation sites (N-methyl/N-ethyl adjacent to an activating group) is 1. The molecule has 79 valence electrons. The number of rotatable bonds is 6. The van der Waals surface area contributed by atoms with E-state index in [-0.39, 0.29) is 0 Å². The number of hydrogen-bond donors (Lipinski definition) is 0. The Morgan fingerprint density at radius 2 is 2.29 bits per heavy atom. The Hall–Kier alpha value is -0.620. The van der Waals surface area contributed by atoms with E-state index < -0.39 is 0 Å². The molecule has 0 aliphatic heterocycles. The standard InChI is InChI=1S/C8H16N5S/c1-4-7-14-8-9-10-11-13(8)6-5-12(2)3/h1,4-7H2,2-3H3. The van der Waals surface area contributed by atoms with Crippen LogP contribution in [0.15, 0.2) is 5.16 Å². The predicted molar refractivity (Wildman–Crippen MR) is 57.1 cm³/mol. The van der Waals surface area contributed by atoms with E-state index in [2.05, 4.69) is 27.3 Å². The molecule has 1 rings (SSSR count). The Bertz CT molecular complexity index is 260. The van der Waals surface area contributed by atoms with Crippen LogP contribution >= 0.6 is 11.8 Å². The summed E-state index contributed by atoms with van der Waals surface area (Å²) in [7, 11) is 4.07. The molecule has 0 saturated carbocycles. The highest BCUT2D eigenvalue weighted by atomic mass is 32.2. The highest BCUT2D eigenvalue weighted by Gasteiger charge is 2.05. The van der Waals surface area contributed by atoms with E-state index in [0.717, 1.165) is 30.4 Å². The predicted octanol–water partition coefficient (Wildman–Crippen LogP) is 0.551. The highest BCUT2D eigenvalue weighted by Crippen LogP contribution is 2.13. The molecule has 0 amide bonds. The lowest BCUT2D eigenvalue weighted by Gasteiger charge is -2.09. The summed E-state index contributed by atoms with van der Waals surface area (Å²) in [6, 6.07) is 0. The molecular formula is C8H16N5S. The van der Waals surface area contributed by atoms with Gasteiger partial charge in [-0.25, -0.2) is 4.68 Å². The van der Waals surface area contributed by atoms with Gasteiger partial charge in [-0.1, -0.05) is 18.7 Å². The van der Waals surface area contributed by atoms with Crippen LogP contribution < -0.4 is 0 Å². The minimum Gasteiger partial charge on any atom is -0.308 e. The van der Waals surface area contributed by atoms with Crippen LogP contribution in [0.4, 0.5) is 0 Å². The molecular weight excluding hydrogens is 198 g/mol. The van der Waals surface area contributed by atoms with E-state index >= 15 is 0 Å². The molecule has 5 nitrogen and oxygen atoms in total. The first kappa shape index (κ1) is 11.5. The number of thioether (sulfide) groups is 1. The molecule has 0 aromatic carbocycles. The Balaban J connectivity index is 2.45. The van der Waals surface area contributed by atoms with Crippen molar-refractivity contribution in [3.8, 4) is 0 Å². The van der Waals surface area contributed by atoms with Crippen LogP contribution in [0, 0.1) is 6.92 Å². The lowest BCUT2D eigenvalue weighted by Crippen LogP contribution is -2.19. The van der Waals surface area contributed by atoms with E-state index in [1.54, 1.807) is 11.8 Å². The second kappa shape index (κ2) is 5.98. The van der Waals surface area contributed by atoms with Gasteiger partial charge < -0.3 is 4.90 Å². The molecule has 0 unspecified atom stereocenters. The van der Waals surface area contributed by atoms with Gasteiger partial charge in [0.25, 0.3) is 0 Å². The summed E-state index contributed by atoms with van der Waals surface area (Å²) in [5, 5.41) is 12.4. The molecule has 0 atom stereocenters. The third-order valence-corrected chi connectivity index (χ3v) is 2.68. The largest absolute Gasteiger partial charge is 0.308 e. The van der Waals surface area contributed by atoms with Gasteiger partial charge in [0.15, 0.2) is 0 Å². The SMILES string of the molecule is [CH2]CCSc1nnnn1CCN(C)C.